The van der Waals surface area contributed by atoms with Crippen molar-refractivity contribution in [1.29, 1.82) is 0 Å². The molecule has 0 aromatic heterocycles. The van der Waals surface area contributed by atoms with Crippen molar-refractivity contribution in [2.45, 2.75) is 26.7 Å². The van der Waals surface area contributed by atoms with Gasteiger partial charge in [0.15, 0.2) is 0 Å². The fraction of sp³-hybridized carbons (Fsp3) is 0.333. The summed E-state index contributed by atoms with van der Waals surface area (Å²) in [5, 5.41) is 0. The van der Waals surface area contributed by atoms with Gasteiger partial charge < -0.3 is 5.73 Å². The highest BCUT2D eigenvalue weighted by atomic mass is 14.6. The smallest absolute Gasteiger partial charge is 0.0346 e. The minimum absolute atomic E-state index is 0.876. The van der Waals surface area contributed by atoms with Crippen molar-refractivity contribution in [2.24, 2.45) is 0 Å². The van der Waals surface area contributed by atoms with Crippen LogP contribution in [0.5, 0.6) is 0 Å². The molecular formula is C12H17N. The average Bonchev–Trinajstić information content (AvgIpc) is 2.13. The molecule has 2 N–H and O–H groups in total. The molecular weight excluding hydrogens is 158 g/mol. The van der Waals surface area contributed by atoms with E-state index in [9.17, 15) is 0 Å². The van der Waals surface area contributed by atoms with Gasteiger partial charge in [0, 0.05) is 5.69 Å². The van der Waals surface area contributed by atoms with E-state index < -0.39 is 0 Å². The van der Waals surface area contributed by atoms with E-state index in [1.165, 1.54) is 16.7 Å². The van der Waals surface area contributed by atoms with E-state index in [-0.39, 0.29) is 0 Å². The minimum atomic E-state index is 0.876. The van der Waals surface area contributed by atoms with Gasteiger partial charge in [-0.05, 0) is 37.0 Å². The molecule has 0 saturated carbocycles. The second-order valence-electron chi connectivity index (χ2n) is 3.41. The number of allylic oxidation sites excluding steroid dienone is 1. The van der Waals surface area contributed by atoms with Gasteiger partial charge in [-0.15, -0.1) is 0 Å². The summed E-state index contributed by atoms with van der Waals surface area (Å²) in [4.78, 5) is 0. The van der Waals surface area contributed by atoms with Crippen molar-refractivity contribution in [3.05, 3.63) is 41.5 Å². The zero-order chi connectivity index (χ0) is 9.84. The first-order valence-electron chi connectivity index (χ1n) is 4.65. The lowest BCUT2D eigenvalue weighted by Gasteiger charge is -2.08. The predicted molar refractivity (Wildman–Crippen MR) is 58.7 cm³/mol. The van der Waals surface area contributed by atoms with E-state index in [0.717, 1.165) is 18.5 Å². The van der Waals surface area contributed by atoms with E-state index in [2.05, 4.69) is 26.5 Å². The standard InChI is InChI=1S/C12H17N/c1-4-9(2)8-11-6-5-7-12(13)10(11)3/h5-7H,2,4,8,13H2,1,3H3. The number of hydrogen-bond donors (Lipinski definition) is 1. The minimum Gasteiger partial charge on any atom is -0.399 e. The number of rotatable bonds is 3. The van der Waals surface area contributed by atoms with Crippen molar-refractivity contribution < 1.29 is 0 Å². The normalized spacial score (nSPS) is 10.0. The highest BCUT2D eigenvalue weighted by Crippen LogP contribution is 2.18. The number of hydrogen-bond acceptors (Lipinski definition) is 1. The molecule has 0 atom stereocenters. The number of nitrogen functional groups attached to an aromatic ring is 1. The Balaban J connectivity index is 2.89. The van der Waals surface area contributed by atoms with E-state index in [1.807, 2.05) is 12.1 Å². The summed E-state index contributed by atoms with van der Waals surface area (Å²) in [5.41, 5.74) is 10.4. The van der Waals surface area contributed by atoms with Crippen LogP contribution in [-0.2, 0) is 6.42 Å². The van der Waals surface area contributed by atoms with Gasteiger partial charge in [-0.1, -0.05) is 31.2 Å². The monoisotopic (exact) mass is 175 g/mol. The van der Waals surface area contributed by atoms with Gasteiger partial charge in [0.25, 0.3) is 0 Å². The summed E-state index contributed by atoms with van der Waals surface area (Å²) >= 11 is 0. The van der Waals surface area contributed by atoms with Crippen LogP contribution in [0.1, 0.15) is 24.5 Å². The fourth-order valence-electron chi connectivity index (χ4n) is 1.29. The van der Waals surface area contributed by atoms with Crippen molar-refractivity contribution in [2.75, 3.05) is 5.73 Å². The molecule has 0 fully saturated rings. The number of benzene rings is 1. The van der Waals surface area contributed by atoms with Crippen molar-refractivity contribution in [3.63, 3.8) is 0 Å². The molecule has 1 rings (SSSR count). The first-order chi connectivity index (χ1) is 6.15. The second-order valence-corrected chi connectivity index (χ2v) is 3.41. The third-order valence-electron chi connectivity index (χ3n) is 2.43. The molecule has 0 aliphatic carbocycles. The first-order valence-corrected chi connectivity index (χ1v) is 4.65. The first kappa shape index (κ1) is 9.85. The number of anilines is 1. The Morgan fingerprint density at radius 1 is 1.46 bits per heavy atom. The second kappa shape index (κ2) is 4.13. The summed E-state index contributed by atoms with van der Waals surface area (Å²) in [6.45, 7) is 8.19. The summed E-state index contributed by atoms with van der Waals surface area (Å²) in [7, 11) is 0. The summed E-state index contributed by atoms with van der Waals surface area (Å²) in [6.07, 6.45) is 1.99. The fourth-order valence-corrected chi connectivity index (χ4v) is 1.29. The van der Waals surface area contributed by atoms with Crippen molar-refractivity contribution in [1.82, 2.24) is 0 Å². The maximum atomic E-state index is 5.81. The van der Waals surface area contributed by atoms with Crippen LogP contribution in [0, 0.1) is 6.92 Å². The highest BCUT2D eigenvalue weighted by Gasteiger charge is 2.01. The maximum Gasteiger partial charge on any atom is 0.0346 e. The Bertz CT molecular complexity index is 313. The molecule has 13 heavy (non-hydrogen) atoms. The summed E-state index contributed by atoms with van der Waals surface area (Å²) < 4.78 is 0. The molecule has 0 radical (unpaired) electrons. The molecule has 0 aliphatic heterocycles. The predicted octanol–water partition coefficient (Wildman–Crippen LogP) is 3.09. The molecule has 1 aromatic carbocycles. The molecule has 0 bridgehead atoms. The van der Waals surface area contributed by atoms with Crippen LogP contribution in [-0.4, -0.2) is 0 Å². The highest BCUT2D eigenvalue weighted by molar-refractivity contribution is 5.50. The Hall–Kier alpha value is -1.24. The van der Waals surface area contributed by atoms with Crippen LogP contribution in [0.15, 0.2) is 30.4 Å². The molecule has 70 valence electrons. The van der Waals surface area contributed by atoms with Gasteiger partial charge in [0.2, 0.25) is 0 Å². The van der Waals surface area contributed by atoms with Crippen molar-refractivity contribution in [3.8, 4) is 0 Å². The van der Waals surface area contributed by atoms with Crippen LogP contribution in [0.3, 0.4) is 0 Å². The van der Waals surface area contributed by atoms with Crippen LogP contribution < -0.4 is 5.73 Å². The SMILES string of the molecule is C=C(CC)Cc1cccc(N)c1C. The van der Waals surface area contributed by atoms with Crippen LogP contribution in [0.4, 0.5) is 5.69 Å². The molecule has 1 nitrogen and oxygen atoms in total. The molecule has 0 heterocycles. The summed E-state index contributed by atoms with van der Waals surface area (Å²) in [5.74, 6) is 0. The molecule has 0 aliphatic rings. The third-order valence-corrected chi connectivity index (χ3v) is 2.43. The average molecular weight is 175 g/mol. The zero-order valence-electron chi connectivity index (χ0n) is 8.43. The van der Waals surface area contributed by atoms with Gasteiger partial charge in [-0.25, -0.2) is 0 Å². The Kier molecular flexibility index (Phi) is 3.13. The lowest BCUT2D eigenvalue weighted by Crippen LogP contribution is -1.96. The van der Waals surface area contributed by atoms with Gasteiger partial charge in [0.1, 0.15) is 0 Å². The lowest BCUT2D eigenvalue weighted by molar-refractivity contribution is 1.00. The summed E-state index contributed by atoms with van der Waals surface area (Å²) in [6, 6.07) is 6.06. The van der Waals surface area contributed by atoms with Gasteiger partial charge >= 0.3 is 0 Å². The van der Waals surface area contributed by atoms with E-state index in [1.54, 1.807) is 0 Å². The molecule has 0 unspecified atom stereocenters. The van der Waals surface area contributed by atoms with Crippen LogP contribution in [0.25, 0.3) is 0 Å². The van der Waals surface area contributed by atoms with Crippen molar-refractivity contribution >= 4 is 5.69 Å². The van der Waals surface area contributed by atoms with E-state index >= 15 is 0 Å². The topological polar surface area (TPSA) is 26.0 Å². The van der Waals surface area contributed by atoms with Gasteiger partial charge in [0.05, 0.1) is 0 Å². The van der Waals surface area contributed by atoms with E-state index in [0.29, 0.717) is 0 Å². The van der Waals surface area contributed by atoms with Gasteiger partial charge in [-0.3, -0.25) is 0 Å². The third kappa shape index (κ3) is 2.35. The number of nitrogens with two attached hydrogens (primary N) is 1. The Morgan fingerprint density at radius 3 is 2.77 bits per heavy atom. The molecule has 0 spiro atoms. The zero-order valence-corrected chi connectivity index (χ0v) is 8.43. The largest absolute Gasteiger partial charge is 0.399 e. The molecule has 1 aromatic rings. The lowest BCUT2D eigenvalue weighted by atomic mass is 9.99. The van der Waals surface area contributed by atoms with Crippen LogP contribution in [0.2, 0.25) is 0 Å². The Labute approximate surface area is 80.3 Å². The quantitative estimate of drug-likeness (QED) is 0.554. The molecule has 0 saturated heterocycles. The maximum absolute atomic E-state index is 5.81. The molecule has 0 amide bonds. The Morgan fingerprint density at radius 2 is 2.15 bits per heavy atom. The van der Waals surface area contributed by atoms with E-state index in [4.69, 9.17) is 5.73 Å². The van der Waals surface area contributed by atoms with Gasteiger partial charge in [-0.2, -0.15) is 0 Å². The molecule has 1 heteroatoms. The van der Waals surface area contributed by atoms with Crippen LogP contribution >= 0.6 is 0 Å².